The minimum absolute atomic E-state index is 0.147. The van der Waals surface area contributed by atoms with Gasteiger partial charge in [-0.1, -0.05) is 38.7 Å². The van der Waals surface area contributed by atoms with Gasteiger partial charge in [0.1, 0.15) is 6.10 Å². The molecule has 0 aliphatic heterocycles. The van der Waals surface area contributed by atoms with Gasteiger partial charge in [0, 0.05) is 5.57 Å². The first-order chi connectivity index (χ1) is 8.66. The summed E-state index contributed by atoms with van der Waals surface area (Å²) in [7, 11) is 0. The SMILES string of the molecule is C=C(C)C(=O)OC1CCC(C2CCCCC2)CC1. The average molecular weight is 250 g/mol. The fourth-order valence-electron chi connectivity index (χ4n) is 3.54. The van der Waals surface area contributed by atoms with E-state index in [2.05, 4.69) is 6.58 Å². The van der Waals surface area contributed by atoms with Crippen LogP contribution in [0.25, 0.3) is 0 Å². The van der Waals surface area contributed by atoms with Crippen LogP contribution in [0.15, 0.2) is 12.2 Å². The van der Waals surface area contributed by atoms with Crippen LogP contribution in [0.2, 0.25) is 0 Å². The van der Waals surface area contributed by atoms with Crippen molar-refractivity contribution < 1.29 is 9.53 Å². The normalized spacial score (nSPS) is 29.8. The van der Waals surface area contributed by atoms with Crippen molar-refractivity contribution in [3.8, 4) is 0 Å². The number of hydrogen-bond acceptors (Lipinski definition) is 2. The molecule has 102 valence electrons. The molecule has 0 radical (unpaired) electrons. The zero-order valence-electron chi connectivity index (χ0n) is 11.6. The molecule has 2 heteroatoms. The van der Waals surface area contributed by atoms with Gasteiger partial charge in [0.25, 0.3) is 0 Å². The Morgan fingerprint density at radius 1 is 0.944 bits per heavy atom. The number of carbonyl (C=O) groups is 1. The van der Waals surface area contributed by atoms with Gasteiger partial charge in [-0.05, 0) is 44.4 Å². The van der Waals surface area contributed by atoms with Gasteiger partial charge >= 0.3 is 5.97 Å². The highest BCUT2D eigenvalue weighted by Gasteiger charge is 2.29. The second-order valence-corrected chi connectivity index (χ2v) is 6.12. The van der Waals surface area contributed by atoms with Crippen LogP contribution in [0, 0.1) is 11.8 Å². The van der Waals surface area contributed by atoms with E-state index >= 15 is 0 Å². The highest BCUT2D eigenvalue weighted by atomic mass is 16.5. The predicted octanol–water partition coefficient (Wildman–Crippen LogP) is 4.24. The lowest BCUT2D eigenvalue weighted by Crippen LogP contribution is -2.28. The number of rotatable bonds is 3. The predicted molar refractivity (Wildman–Crippen MR) is 73.2 cm³/mol. The fourth-order valence-corrected chi connectivity index (χ4v) is 3.54. The minimum Gasteiger partial charge on any atom is -0.459 e. The third-order valence-corrected chi connectivity index (χ3v) is 4.66. The Kier molecular flexibility index (Phi) is 4.85. The highest BCUT2D eigenvalue weighted by molar-refractivity contribution is 5.87. The Hall–Kier alpha value is -0.790. The van der Waals surface area contributed by atoms with Gasteiger partial charge in [-0.25, -0.2) is 4.79 Å². The Bertz CT molecular complexity index is 294. The molecule has 0 N–H and O–H groups in total. The van der Waals surface area contributed by atoms with E-state index in [0.717, 1.165) is 24.7 Å². The summed E-state index contributed by atoms with van der Waals surface area (Å²) >= 11 is 0. The maximum Gasteiger partial charge on any atom is 0.333 e. The summed E-state index contributed by atoms with van der Waals surface area (Å²) in [6, 6.07) is 0. The first-order valence-electron chi connectivity index (χ1n) is 7.53. The molecule has 0 heterocycles. The van der Waals surface area contributed by atoms with Crippen LogP contribution >= 0.6 is 0 Å². The molecule has 0 aromatic heterocycles. The lowest BCUT2D eigenvalue weighted by molar-refractivity contribution is -0.146. The maximum absolute atomic E-state index is 11.5. The van der Waals surface area contributed by atoms with Crippen molar-refractivity contribution in [1.82, 2.24) is 0 Å². The summed E-state index contributed by atoms with van der Waals surface area (Å²) in [4.78, 5) is 11.5. The van der Waals surface area contributed by atoms with Gasteiger partial charge in [-0.15, -0.1) is 0 Å². The quantitative estimate of drug-likeness (QED) is 0.553. The van der Waals surface area contributed by atoms with Gasteiger partial charge in [0.2, 0.25) is 0 Å². The molecule has 2 aliphatic carbocycles. The van der Waals surface area contributed by atoms with Crippen LogP contribution in [0.3, 0.4) is 0 Å². The van der Waals surface area contributed by atoms with E-state index in [1.54, 1.807) is 6.92 Å². The number of hydrogen-bond donors (Lipinski definition) is 0. The Morgan fingerprint density at radius 3 is 2.06 bits per heavy atom. The van der Waals surface area contributed by atoms with E-state index in [9.17, 15) is 4.79 Å². The molecular weight excluding hydrogens is 224 g/mol. The van der Waals surface area contributed by atoms with E-state index < -0.39 is 0 Å². The second kappa shape index (κ2) is 6.40. The maximum atomic E-state index is 11.5. The summed E-state index contributed by atoms with van der Waals surface area (Å²) in [6.07, 6.45) is 11.9. The van der Waals surface area contributed by atoms with E-state index in [0.29, 0.717) is 5.57 Å². The van der Waals surface area contributed by atoms with Crippen LogP contribution in [-0.4, -0.2) is 12.1 Å². The molecule has 2 rings (SSSR count). The van der Waals surface area contributed by atoms with E-state index in [1.807, 2.05) is 0 Å². The lowest BCUT2D eigenvalue weighted by atomic mass is 9.73. The first kappa shape index (κ1) is 13.6. The molecule has 0 amide bonds. The summed E-state index contributed by atoms with van der Waals surface area (Å²) < 4.78 is 5.45. The van der Waals surface area contributed by atoms with E-state index in [4.69, 9.17) is 4.74 Å². The van der Waals surface area contributed by atoms with Crippen molar-refractivity contribution in [3.63, 3.8) is 0 Å². The molecule has 2 saturated carbocycles. The van der Waals surface area contributed by atoms with Gasteiger partial charge in [-0.3, -0.25) is 0 Å². The van der Waals surface area contributed by atoms with E-state index in [-0.39, 0.29) is 12.1 Å². The molecule has 0 unspecified atom stereocenters. The van der Waals surface area contributed by atoms with Crippen LogP contribution in [0.1, 0.15) is 64.7 Å². The Balaban J connectivity index is 1.73. The third-order valence-electron chi connectivity index (χ3n) is 4.66. The van der Waals surface area contributed by atoms with Crippen LogP contribution < -0.4 is 0 Å². The molecule has 2 aliphatic rings. The third kappa shape index (κ3) is 3.60. The molecular formula is C16H26O2. The fraction of sp³-hybridized carbons (Fsp3) is 0.812. The van der Waals surface area contributed by atoms with Crippen molar-refractivity contribution in [2.45, 2.75) is 70.8 Å². The van der Waals surface area contributed by atoms with Crippen molar-refractivity contribution in [1.29, 1.82) is 0 Å². The molecule has 0 aromatic rings. The number of esters is 1. The van der Waals surface area contributed by atoms with Gasteiger partial charge in [0.05, 0.1) is 0 Å². The molecule has 2 nitrogen and oxygen atoms in total. The topological polar surface area (TPSA) is 26.3 Å². The van der Waals surface area contributed by atoms with Crippen molar-refractivity contribution in [2.24, 2.45) is 11.8 Å². The lowest BCUT2D eigenvalue weighted by Gasteiger charge is -2.35. The summed E-state index contributed by atoms with van der Waals surface area (Å²) in [5.41, 5.74) is 0.518. The molecule has 0 atom stereocenters. The molecule has 0 aromatic carbocycles. The average Bonchev–Trinajstić information content (AvgIpc) is 2.40. The highest BCUT2D eigenvalue weighted by Crippen LogP contribution is 2.38. The standard InChI is InChI=1S/C16H26O2/c1-12(2)16(17)18-15-10-8-14(9-11-15)13-6-4-3-5-7-13/h13-15H,1,3-11H2,2H3. The summed E-state index contributed by atoms with van der Waals surface area (Å²) in [6.45, 7) is 5.35. The van der Waals surface area contributed by atoms with E-state index in [1.165, 1.54) is 44.9 Å². The van der Waals surface area contributed by atoms with Crippen molar-refractivity contribution >= 4 is 5.97 Å². The second-order valence-electron chi connectivity index (χ2n) is 6.12. The van der Waals surface area contributed by atoms with Crippen LogP contribution in [0.5, 0.6) is 0 Å². The number of carbonyl (C=O) groups excluding carboxylic acids is 1. The zero-order chi connectivity index (χ0) is 13.0. The largest absolute Gasteiger partial charge is 0.459 e. The first-order valence-corrected chi connectivity index (χ1v) is 7.53. The molecule has 0 spiro atoms. The molecule has 2 fully saturated rings. The van der Waals surface area contributed by atoms with Gasteiger partial charge in [-0.2, -0.15) is 0 Å². The summed E-state index contributed by atoms with van der Waals surface area (Å²) in [5.74, 6) is 1.64. The molecule has 18 heavy (non-hydrogen) atoms. The van der Waals surface area contributed by atoms with Crippen molar-refractivity contribution in [2.75, 3.05) is 0 Å². The van der Waals surface area contributed by atoms with Gasteiger partial charge < -0.3 is 4.74 Å². The smallest absolute Gasteiger partial charge is 0.333 e. The van der Waals surface area contributed by atoms with Gasteiger partial charge in [0.15, 0.2) is 0 Å². The molecule has 0 bridgehead atoms. The van der Waals surface area contributed by atoms with Crippen molar-refractivity contribution in [3.05, 3.63) is 12.2 Å². The van der Waals surface area contributed by atoms with Crippen LogP contribution in [0.4, 0.5) is 0 Å². The Labute approximate surface area is 111 Å². The van der Waals surface area contributed by atoms with Crippen LogP contribution in [-0.2, 0) is 9.53 Å². The zero-order valence-corrected chi connectivity index (χ0v) is 11.6. The minimum atomic E-state index is -0.212. The molecule has 0 saturated heterocycles. The summed E-state index contributed by atoms with van der Waals surface area (Å²) in [5, 5.41) is 0. The Morgan fingerprint density at radius 2 is 1.50 bits per heavy atom. The monoisotopic (exact) mass is 250 g/mol. The number of ether oxygens (including phenoxy) is 1.